The van der Waals surface area contributed by atoms with Crippen LogP contribution in [-0.2, 0) is 11.3 Å². The molecule has 0 amide bonds. The zero-order valence-corrected chi connectivity index (χ0v) is 8.88. The van der Waals surface area contributed by atoms with Crippen LogP contribution in [0.1, 0.15) is 21.9 Å². The Hall–Kier alpha value is -2.18. The molecule has 2 rings (SSSR count). The lowest BCUT2D eigenvalue weighted by atomic mass is 10.3. The molecule has 7 nitrogen and oxygen atoms in total. The van der Waals surface area contributed by atoms with Gasteiger partial charge >= 0.3 is 5.97 Å². The lowest BCUT2D eigenvalue weighted by Crippen LogP contribution is -2.02. The zero-order chi connectivity index (χ0) is 11.5. The molecule has 2 heterocycles. The predicted molar refractivity (Wildman–Crippen MR) is 51.7 cm³/mol. The minimum Gasteiger partial charge on any atom is -0.464 e. The third-order valence-corrected chi connectivity index (χ3v) is 2.09. The number of hydrogen-bond donors (Lipinski definition) is 0. The summed E-state index contributed by atoms with van der Waals surface area (Å²) in [5.74, 6) is 0.207. The molecule has 7 heteroatoms. The molecule has 84 valence electrons. The van der Waals surface area contributed by atoms with E-state index in [9.17, 15) is 4.79 Å². The highest BCUT2D eigenvalue weighted by atomic mass is 16.5. The van der Waals surface area contributed by atoms with Gasteiger partial charge in [-0.3, -0.25) is 0 Å². The van der Waals surface area contributed by atoms with Crippen molar-refractivity contribution in [3.8, 4) is 0 Å². The lowest BCUT2D eigenvalue weighted by Gasteiger charge is -1.95. The second kappa shape index (κ2) is 4.13. The van der Waals surface area contributed by atoms with Crippen LogP contribution >= 0.6 is 0 Å². The van der Waals surface area contributed by atoms with E-state index >= 15 is 0 Å². The molecular formula is C9H10N4O3. The van der Waals surface area contributed by atoms with Crippen molar-refractivity contribution in [3.63, 3.8) is 0 Å². The fourth-order valence-electron chi connectivity index (χ4n) is 1.21. The van der Waals surface area contributed by atoms with E-state index in [-0.39, 0.29) is 5.69 Å². The van der Waals surface area contributed by atoms with E-state index in [0.29, 0.717) is 6.54 Å². The van der Waals surface area contributed by atoms with Crippen LogP contribution in [0.4, 0.5) is 0 Å². The highest BCUT2D eigenvalue weighted by Crippen LogP contribution is 2.06. The van der Waals surface area contributed by atoms with Crippen molar-refractivity contribution in [1.82, 2.24) is 20.0 Å². The Morgan fingerprint density at radius 2 is 2.44 bits per heavy atom. The number of hydrogen-bond acceptors (Lipinski definition) is 6. The number of nitrogens with zero attached hydrogens (tertiary/aromatic N) is 4. The molecule has 0 fully saturated rings. The number of aryl methyl sites for hydroxylation is 1. The number of carbonyl (C=O) groups excluding carboxylic acids is 1. The van der Waals surface area contributed by atoms with E-state index in [0.717, 1.165) is 11.5 Å². The van der Waals surface area contributed by atoms with Crippen molar-refractivity contribution >= 4 is 5.97 Å². The molecule has 0 radical (unpaired) electrons. The molecule has 0 aliphatic rings. The van der Waals surface area contributed by atoms with Gasteiger partial charge in [-0.2, -0.15) is 0 Å². The van der Waals surface area contributed by atoms with Crippen LogP contribution in [0.3, 0.4) is 0 Å². The average Bonchev–Trinajstić information content (AvgIpc) is 2.89. The summed E-state index contributed by atoms with van der Waals surface area (Å²) in [6.07, 6.45) is 2.86. The maximum atomic E-state index is 11.1. The second-order valence-corrected chi connectivity index (χ2v) is 3.15. The number of oxazole rings is 1. The summed E-state index contributed by atoms with van der Waals surface area (Å²) in [4.78, 5) is 15.1. The number of ether oxygens (including phenoxy) is 1. The number of esters is 1. The van der Waals surface area contributed by atoms with E-state index < -0.39 is 5.97 Å². The Balaban J connectivity index is 2.14. The van der Waals surface area contributed by atoms with Crippen molar-refractivity contribution in [2.45, 2.75) is 13.5 Å². The molecule has 0 aliphatic heterocycles. The topological polar surface area (TPSA) is 83.0 Å². The van der Waals surface area contributed by atoms with Crippen LogP contribution in [-0.4, -0.2) is 33.1 Å². The van der Waals surface area contributed by atoms with Crippen LogP contribution in [0, 0.1) is 6.92 Å². The van der Waals surface area contributed by atoms with Gasteiger partial charge in [-0.15, -0.1) is 5.10 Å². The molecule has 0 aliphatic carbocycles. The summed E-state index contributed by atoms with van der Waals surface area (Å²) in [7, 11) is 1.29. The normalized spacial score (nSPS) is 10.4. The van der Waals surface area contributed by atoms with Crippen molar-refractivity contribution < 1.29 is 13.9 Å². The Bertz CT molecular complexity index is 502. The zero-order valence-electron chi connectivity index (χ0n) is 8.88. The molecule has 0 unspecified atom stereocenters. The first-order valence-electron chi connectivity index (χ1n) is 4.58. The second-order valence-electron chi connectivity index (χ2n) is 3.15. The molecule has 0 N–H and O–H groups in total. The van der Waals surface area contributed by atoms with Gasteiger partial charge in [0.05, 0.1) is 19.9 Å². The van der Waals surface area contributed by atoms with Gasteiger partial charge in [0.15, 0.2) is 12.1 Å². The average molecular weight is 222 g/mol. The Kier molecular flexibility index (Phi) is 2.67. The number of aromatic nitrogens is 4. The molecule has 0 spiro atoms. The largest absolute Gasteiger partial charge is 0.464 e. The number of methoxy groups -OCH3 is 1. The van der Waals surface area contributed by atoms with Crippen molar-refractivity contribution in [2.24, 2.45) is 0 Å². The molecule has 0 saturated heterocycles. The van der Waals surface area contributed by atoms with Gasteiger partial charge in [0.25, 0.3) is 0 Å². The molecule has 0 aromatic carbocycles. The smallest absolute Gasteiger partial charge is 0.360 e. The van der Waals surface area contributed by atoms with Gasteiger partial charge in [0, 0.05) is 0 Å². The summed E-state index contributed by atoms with van der Waals surface area (Å²) in [6.45, 7) is 2.22. The summed E-state index contributed by atoms with van der Waals surface area (Å²) in [5.41, 5.74) is 0.921. The van der Waals surface area contributed by atoms with Crippen molar-refractivity contribution in [1.29, 1.82) is 0 Å². The fraction of sp³-hybridized carbons (Fsp3) is 0.333. The van der Waals surface area contributed by atoms with Gasteiger partial charge < -0.3 is 9.15 Å². The van der Waals surface area contributed by atoms with Crippen molar-refractivity contribution in [3.05, 3.63) is 29.7 Å². The summed E-state index contributed by atoms with van der Waals surface area (Å²) in [6, 6.07) is 0. The quantitative estimate of drug-likeness (QED) is 0.699. The van der Waals surface area contributed by atoms with Gasteiger partial charge in [0.1, 0.15) is 11.5 Å². The predicted octanol–water partition coefficient (Wildman–Crippen LogP) is 0.409. The molecular weight excluding hydrogens is 212 g/mol. The van der Waals surface area contributed by atoms with Crippen LogP contribution < -0.4 is 0 Å². The van der Waals surface area contributed by atoms with Crippen LogP contribution in [0.15, 0.2) is 17.0 Å². The van der Waals surface area contributed by atoms with E-state index in [2.05, 4.69) is 20.0 Å². The molecule has 0 atom stereocenters. The van der Waals surface area contributed by atoms with E-state index in [1.165, 1.54) is 24.4 Å². The van der Waals surface area contributed by atoms with Crippen molar-refractivity contribution in [2.75, 3.05) is 7.11 Å². The molecule has 2 aromatic heterocycles. The first kappa shape index (κ1) is 10.3. The molecule has 16 heavy (non-hydrogen) atoms. The van der Waals surface area contributed by atoms with Gasteiger partial charge in [0.2, 0.25) is 0 Å². The molecule has 2 aromatic rings. The lowest BCUT2D eigenvalue weighted by molar-refractivity contribution is 0.0594. The third-order valence-electron chi connectivity index (χ3n) is 2.09. The van der Waals surface area contributed by atoms with Gasteiger partial charge in [-0.1, -0.05) is 5.21 Å². The molecule has 0 saturated carbocycles. The number of carbonyl (C=O) groups is 1. The van der Waals surface area contributed by atoms with Crippen LogP contribution in [0.2, 0.25) is 0 Å². The summed E-state index contributed by atoms with van der Waals surface area (Å²) >= 11 is 0. The molecule has 0 bridgehead atoms. The summed E-state index contributed by atoms with van der Waals surface area (Å²) < 4.78 is 11.1. The maximum Gasteiger partial charge on any atom is 0.360 e. The minimum absolute atomic E-state index is 0.170. The monoisotopic (exact) mass is 222 g/mol. The Morgan fingerprint density at radius 1 is 1.62 bits per heavy atom. The standard InChI is InChI=1S/C9H10N4O3/c1-6-7(10-5-16-6)3-13-4-8(11-12-13)9(14)15-2/h4-5H,3H2,1-2H3. The summed E-state index contributed by atoms with van der Waals surface area (Å²) in [5, 5.41) is 7.46. The third kappa shape index (κ3) is 1.92. The highest BCUT2D eigenvalue weighted by molar-refractivity contribution is 5.86. The van der Waals surface area contributed by atoms with Crippen LogP contribution in [0.25, 0.3) is 0 Å². The van der Waals surface area contributed by atoms with E-state index in [1.54, 1.807) is 6.92 Å². The highest BCUT2D eigenvalue weighted by Gasteiger charge is 2.12. The first-order valence-corrected chi connectivity index (χ1v) is 4.58. The van der Waals surface area contributed by atoms with E-state index in [4.69, 9.17) is 4.42 Å². The van der Waals surface area contributed by atoms with Crippen LogP contribution in [0.5, 0.6) is 0 Å². The van der Waals surface area contributed by atoms with Gasteiger partial charge in [-0.05, 0) is 6.92 Å². The first-order chi connectivity index (χ1) is 7.70. The SMILES string of the molecule is COC(=O)c1cn(Cc2ncoc2C)nn1. The fourth-order valence-corrected chi connectivity index (χ4v) is 1.21. The van der Waals surface area contributed by atoms with Gasteiger partial charge in [-0.25, -0.2) is 14.5 Å². The minimum atomic E-state index is -0.511. The Morgan fingerprint density at radius 3 is 3.06 bits per heavy atom. The van der Waals surface area contributed by atoms with E-state index in [1.807, 2.05) is 0 Å². The Labute approximate surface area is 91.0 Å². The number of rotatable bonds is 3. The maximum absolute atomic E-state index is 11.1.